The molecule has 0 fully saturated rings. The van der Waals surface area contributed by atoms with Crippen molar-refractivity contribution in [3.05, 3.63) is 86.7 Å². The van der Waals surface area contributed by atoms with E-state index in [0.29, 0.717) is 22.9 Å². The van der Waals surface area contributed by atoms with E-state index in [1.165, 1.54) is 39.1 Å². The number of carbonyl (C=O) groups is 2. The number of anilines is 2. The quantitative estimate of drug-likeness (QED) is 0.312. The van der Waals surface area contributed by atoms with E-state index in [0.717, 1.165) is 10.6 Å². The molecule has 0 saturated carbocycles. The standard InChI is InChI=1S/C24H24N4O6/c1-27-14-15(23(31)28(2)24(27)32)13-16(21(29)25-17-9-5-7-11-19(17)33-3)22(30)26-18-10-6-8-12-20(18)34-4/h5-14H,1-4H3,(H,25,29)(H,26,30). The molecule has 2 amide bonds. The first-order valence-corrected chi connectivity index (χ1v) is 10.1. The van der Waals surface area contributed by atoms with Gasteiger partial charge in [-0.3, -0.25) is 19.0 Å². The Bertz CT molecular complexity index is 1320. The van der Waals surface area contributed by atoms with Crippen LogP contribution in [0.5, 0.6) is 11.5 Å². The summed E-state index contributed by atoms with van der Waals surface area (Å²) >= 11 is 0. The number of methoxy groups -OCH3 is 2. The van der Waals surface area contributed by atoms with Gasteiger partial charge in [-0.15, -0.1) is 0 Å². The Hall–Kier alpha value is -4.60. The highest BCUT2D eigenvalue weighted by molar-refractivity contribution is 6.29. The molecule has 0 spiro atoms. The predicted octanol–water partition coefficient (Wildman–Crippen LogP) is 1.76. The second-order valence-corrected chi connectivity index (χ2v) is 7.21. The van der Waals surface area contributed by atoms with Crippen molar-refractivity contribution in [2.75, 3.05) is 24.9 Å². The maximum absolute atomic E-state index is 13.2. The Labute approximate surface area is 195 Å². The summed E-state index contributed by atoms with van der Waals surface area (Å²) < 4.78 is 12.6. The summed E-state index contributed by atoms with van der Waals surface area (Å²) in [5, 5.41) is 5.27. The third-order valence-electron chi connectivity index (χ3n) is 4.97. The number of aromatic nitrogens is 2. The van der Waals surface area contributed by atoms with E-state index >= 15 is 0 Å². The normalized spacial score (nSPS) is 10.2. The fourth-order valence-corrected chi connectivity index (χ4v) is 3.20. The third-order valence-corrected chi connectivity index (χ3v) is 4.97. The second-order valence-electron chi connectivity index (χ2n) is 7.21. The van der Waals surface area contributed by atoms with Crippen LogP contribution in [-0.4, -0.2) is 35.2 Å². The lowest BCUT2D eigenvalue weighted by Crippen LogP contribution is -2.38. The highest BCUT2D eigenvalue weighted by Crippen LogP contribution is 2.26. The molecule has 10 nitrogen and oxygen atoms in total. The smallest absolute Gasteiger partial charge is 0.330 e. The lowest BCUT2D eigenvalue weighted by molar-refractivity contribution is -0.118. The zero-order valence-corrected chi connectivity index (χ0v) is 19.1. The monoisotopic (exact) mass is 464 g/mol. The fraction of sp³-hybridized carbons (Fsp3) is 0.167. The molecule has 34 heavy (non-hydrogen) atoms. The van der Waals surface area contributed by atoms with Crippen molar-refractivity contribution in [1.82, 2.24) is 9.13 Å². The Morgan fingerprint density at radius 1 is 0.824 bits per heavy atom. The molecule has 1 heterocycles. The van der Waals surface area contributed by atoms with Crippen LogP contribution in [0.3, 0.4) is 0 Å². The molecule has 10 heteroatoms. The van der Waals surface area contributed by atoms with E-state index in [1.54, 1.807) is 48.5 Å². The molecular formula is C24H24N4O6. The largest absolute Gasteiger partial charge is 0.495 e. The van der Waals surface area contributed by atoms with Gasteiger partial charge in [-0.1, -0.05) is 24.3 Å². The number of amides is 2. The van der Waals surface area contributed by atoms with Crippen molar-refractivity contribution in [3.8, 4) is 11.5 Å². The molecule has 2 aromatic carbocycles. The lowest BCUT2D eigenvalue weighted by Gasteiger charge is -2.14. The van der Waals surface area contributed by atoms with Gasteiger partial charge in [-0.2, -0.15) is 0 Å². The predicted molar refractivity (Wildman–Crippen MR) is 128 cm³/mol. The fourth-order valence-electron chi connectivity index (χ4n) is 3.20. The van der Waals surface area contributed by atoms with Crippen LogP contribution in [0, 0.1) is 0 Å². The summed E-state index contributed by atoms with van der Waals surface area (Å²) in [5.41, 5.74) is -0.923. The summed E-state index contributed by atoms with van der Waals surface area (Å²) in [6.07, 6.45) is 2.40. The highest BCUT2D eigenvalue weighted by atomic mass is 16.5. The van der Waals surface area contributed by atoms with Crippen molar-refractivity contribution >= 4 is 29.3 Å². The summed E-state index contributed by atoms with van der Waals surface area (Å²) in [6, 6.07) is 13.4. The van der Waals surface area contributed by atoms with Gasteiger partial charge in [0.2, 0.25) is 0 Å². The molecule has 0 aliphatic carbocycles. The maximum Gasteiger partial charge on any atom is 0.330 e. The minimum absolute atomic E-state index is 0.0232. The maximum atomic E-state index is 13.2. The number of carbonyl (C=O) groups excluding carboxylic acids is 2. The van der Waals surface area contributed by atoms with Gasteiger partial charge in [0.25, 0.3) is 17.4 Å². The molecule has 0 bridgehead atoms. The van der Waals surface area contributed by atoms with Crippen molar-refractivity contribution in [2.24, 2.45) is 14.1 Å². The molecule has 3 aromatic rings. The number of nitrogens with zero attached hydrogens (tertiary/aromatic N) is 2. The zero-order valence-electron chi connectivity index (χ0n) is 19.1. The molecule has 0 aliphatic rings. The van der Waals surface area contributed by atoms with E-state index < -0.39 is 23.1 Å². The van der Waals surface area contributed by atoms with Crippen LogP contribution >= 0.6 is 0 Å². The number of hydrogen-bond acceptors (Lipinski definition) is 6. The van der Waals surface area contributed by atoms with E-state index in [2.05, 4.69) is 10.6 Å². The van der Waals surface area contributed by atoms with Crippen LogP contribution in [0.1, 0.15) is 5.56 Å². The van der Waals surface area contributed by atoms with Crippen LogP contribution in [0.25, 0.3) is 6.08 Å². The topological polar surface area (TPSA) is 121 Å². The van der Waals surface area contributed by atoms with Gasteiger partial charge in [-0.05, 0) is 30.3 Å². The molecule has 0 saturated heterocycles. The number of para-hydroxylation sites is 4. The first kappa shape index (κ1) is 24.1. The second kappa shape index (κ2) is 10.3. The van der Waals surface area contributed by atoms with Crippen LogP contribution in [0.4, 0.5) is 11.4 Å². The summed E-state index contributed by atoms with van der Waals surface area (Å²) in [6.45, 7) is 0. The van der Waals surface area contributed by atoms with Crippen molar-refractivity contribution in [1.29, 1.82) is 0 Å². The molecule has 0 aliphatic heterocycles. The molecule has 176 valence electrons. The van der Waals surface area contributed by atoms with Crippen molar-refractivity contribution in [2.45, 2.75) is 0 Å². The SMILES string of the molecule is COc1ccccc1NC(=O)C(=Cc1cn(C)c(=O)n(C)c1=O)C(=O)Nc1ccccc1OC. The number of ether oxygens (including phenoxy) is 2. The van der Waals surface area contributed by atoms with Crippen molar-refractivity contribution < 1.29 is 19.1 Å². The Morgan fingerprint density at radius 3 is 1.76 bits per heavy atom. The number of aryl methyl sites for hydroxylation is 1. The molecule has 0 unspecified atom stereocenters. The van der Waals surface area contributed by atoms with Crippen LogP contribution in [-0.2, 0) is 23.7 Å². The van der Waals surface area contributed by atoms with Crippen LogP contribution in [0.2, 0.25) is 0 Å². The first-order chi connectivity index (χ1) is 16.3. The van der Waals surface area contributed by atoms with E-state index in [9.17, 15) is 19.2 Å². The molecule has 3 rings (SSSR count). The van der Waals surface area contributed by atoms with Crippen molar-refractivity contribution in [3.63, 3.8) is 0 Å². The van der Waals surface area contributed by atoms with E-state index in [1.807, 2.05) is 0 Å². The minimum atomic E-state index is -0.784. The molecule has 1 aromatic heterocycles. The summed E-state index contributed by atoms with van der Waals surface area (Å²) in [5.74, 6) is -0.794. The number of hydrogen-bond donors (Lipinski definition) is 2. The number of benzene rings is 2. The van der Waals surface area contributed by atoms with Gasteiger partial charge in [0, 0.05) is 20.3 Å². The Kier molecular flexibility index (Phi) is 7.32. The zero-order chi connectivity index (χ0) is 24.8. The highest BCUT2D eigenvalue weighted by Gasteiger charge is 2.22. The molecule has 0 radical (unpaired) electrons. The molecule has 0 atom stereocenters. The molecular weight excluding hydrogens is 440 g/mol. The first-order valence-electron chi connectivity index (χ1n) is 10.1. The van der Waals surface area contributed by atoms with Gasteiger partial charge in [0.05, 0.1) is 31.2 Å². The van der Waals surface area contributed by atoms with Crippen LogP contribution in [0.15, 0.2) is 69.9 Å². The van der Waals surface area contributed by atoms with Gasteiger partial charge < -0.3 is 24.7 Å². The number of nitrogens with one attached hydrogen (secondary N) is 2. The van der Waals surface area contributed by atoms with E-state index in [4.69, 9.17) is 9.47 Å². The summed E-state index contributed by atoms with van der Waals surface area (Å²) in [4.78, 5) is 51.1. The Morgan fingerprint density at radius 2 is 1.29 bits per heavy atom. The molecule has 2 N–H and O–H groups in total. The summed E-state index contributed by atoms with van der Waals surface area (Å²) in [7, 11) is 5.67. The van der Waals surface area contributed by atoms with E-state index in [-0.39, 0.29) is 11.1 Å². The van der Waals surface area contributed by atoms with Gasteiger partial charge in [0.1, 0.15) is 17.1 Å². The average molecular weight is 464 g/mol. The lowest BCUT2D eigenvalue weighted by atomic mass is 10.1. The van der Waals surface area contributed by atoms with Gasteiger partial charge >= 0.3 is 5.69 Å². The number of rotatable bonds is 7. The van der Waals surface area contributed by atoms with Crippen LogP contribution < -0.4 is 31.4 Å². The minimum Gasteiger partial charge on any atom is -0.495 e. The van der Waals surface area contributed by atoms with Gasteiger partial charge in [-0.25, -0.2) is 4.79 Å². The average Bonchev–Trinajstić information content (AvgIpc) is 2.84. The Balaban J connectivity index is 2.09. The third kappa shape index (κ3) is 5.07. The van der Waals surface area contributed by atoms with Gasteiger partial charge in [0.15, 0.2) is 0 Å².